The van der Waals surface area contributed by atoms with E-state index in [4.69, 9.17) is 10.5 Å². The molecule has 12 heteroatoms. The number of alkyl halides is 3. The summed E-state index contributed by atoms with van der Waals surface area (Å²) in [5.41, 5.74) is 1.67. The zero-order valence-corrected chi connectivity index (χ0v) is 15.8. The van der Waals surface area contributed by atoms with E-state index < -0.39 is 65.0 Å². The fraction of sp³-hybridized carbons (Fsp3) is 0.316. The van der Waals surface area contributed by atoms with Gasteiger partial charge in [-0.2, -0.15) is 17.6 Å². The zero-order chi connectivity index (χ0) is 23.1. The molecular weight excluding hydrogens is 429 g/mol. The molecule has 0 spiro atoms. The Morgan fingerprint density at radius 1 is 1.29 bits per heavy atom. The molecule has 0 bridgehead atoms. The lowest BCUT2D eigenvalue weighted by Crippen LogP contribution is -2.43. The molecule has 0 unspecified atom stereocenters. The second-order valence-corrected chi connectivity index (χ2v) is 7.16. The molecule has 7 nitrogen and oxygen atoms in total. The fourth-order valence-electron chi connectivity index (χ4n) is 3.34. The highest BCUT2D eigenvalue weighted by Gasteiger charge is 2.61. The molecule has 31 heavy (non-hydrogen) atoms. The topological polar surface area (TPSA) is 115 Å². The Bertz CT molecular complexity index is 1050. The summed E-state index contributed by atoms with van der Waals surface area (Å²) in [6, 6.07) is 3.88. The van der Waals surface area contributed by atoms with Crippen LogP contribution in [0.2, 0.25) is 0 Å². The summed E-state index contributed by atoms with van der Waals surface area (Å²) >= 11 is 0. The molecule has 1 aromatic heterocycles. The number of primary amides is 1. The van der Waals surface area contributed by atoms with Gasteiger partial charge in [-0.05, 0) is 31.5 Å². The van der Waals surface area contributed by atoms with Crippen LogP contribution in [0, 0.1) is 11.6 Å². The van der Waals surface area contributed by atoms with Gasteiger partial charge >= 0.3 is 6.18 Å². The minimum absolute atomic E-state index is 0.00808. The zero-order valence-electron chi connectivity index (χ0n) is 15.8. The Morgan fingerprint density at radius 3 is 2.58 bits per heavy atom. The van der Waals surface area contributed by atoms with Gasteiger partial charge in [-0.3, -0.25) is 14.6 Å². The van der Waals surface area contributed by atoms with Crippen molar-refractivity contribution in [1.29, 1.82) is 0 Å². The number of nitrogens with two attached hydrogens (primary N) is 1. The van der Waals surface area contributed by atoms with E-state index >= 15 is 0 Å². The standard InChI is InChI=1S/C19H16F5N3O4/c1-18(19(22,23)24)7-10(9-2-3-11(20)13(21)14(9)28)15(31-18)17(30)27-8-4-5-26-12(6-8)16(25)29/h2-6,10,15,28H,7H2,1H3,(H2,25,29)(H,26,27,30)/t10-,15+,18+/m0/s1. The maximum atomic E-state index is 13.8. The van der Waals surface area contributed by atoms with Gasteiger partial charge < -0.3 is 20.9 Å². The van der Waals surface area contributed by atoms with Gasteiger partial charge in [0, 0.05) is 23.4 Å². The van der Waals surface area contributed by atoms with Crippen molar-refractivity contribution in [2.24, 2.45) is 5.73 Å². The highest BCUT2D eigenvalue weighted by molar-refractivity contribution is 5.97. The van der Waals surface area contributed by atoms with E-state index in [1.54, 1.807) is 0 Å². The first-order valence-electron chi connectivity index (χ1n) is 8.82. The lowest BCUT2D eigenvalue weighted by molar-refractivity contribution is -0.261. The van der Waals surface area contributed by atoms with E-state index in [0.29, 0.717) is 13.0 Å². The summed E-state index contributed by atoms with van der Waals surface area (Å²) in [6.45, 7) is 0.710. The number of carbonyl (C=O) groups excluding carboxylic acids is 2. The second-order valence-electron chi connectivity index (χ2n) is 7.16. The van der Waals surface area contributed by atoms with Crippen molar-refractivity contribution in [3.05, 3.63) is 53.4 Å². The maximum absolute atomic E-state index is 13.8. The van der Waals surface area contributed by atoms with Crippen molar-refractivity contribution in [1.82, 2.24) is 4.98 Å². The van der Waals surface area contributed by atoms with E-state index in [2.05, 4.69) is 10.3 Å². The van der Waals surface area contributed by atoms with Crippen LogP contribution < -0.4 is 11.1 Å². The maximum Gasteiger partial charge on any atom is 0.417 e. The minimum Gasteiger partial charge on any atom is -0.505 e. The molecule has 166 valence electrons. The predicted octanol–water partition coefficient (Wildman–Crippen LogP) is 3.00. The summed E-state index contributed by atoms with van der Waals surface area (Å²) in [7, 11) is 0. The Morgan fingerprint density at radius 2 is 1.97 bits per heavy atom. The molecule has 1 aromatic carbocycles. The van der Waals surface area contributed by atoms with E-state index in [1.165, 1.54) is 6.07 Å². The second kappa shape index (κ2) is 7.76. The summed E-state index contributed by atoms with van der Waals surface area (Å²) in [5.74, 6) is -7.70. The molecule has 3 rings (SSSR count). The van der Waals surface area contributed by atoms with Crippen molar-refractivity contribution in [2.45, 2.75) is 37.1 Å². The molecule has 3 atom stereocenters. The van der Waals surface area contributed by atoms with Crippen LogP contribution in [0.3, 0.4) is 0 Å². The number of phenolic OH excluding ortho intramolecular Hbond substituents is 1. The number of amides is 2. The van der Waals surface area contributed by atoms with Crippen molar-refractivity contribution in [3.63, 3.8) is 0 Å². The van der Waals surface area contributed by atoms with Gasteiger partial charge in [-0.15, -0.1) is 0 Å². The number of aromatic hydroxyl groups is 1. The number of carbonyl (C=O) groups is 2. The van der Waals surface area contributed by atoms with Crippen LogP contribution in [0.1, 0.15) is 35.3 Å². The number of phenols is 1. The first-order chi connectivity index (χ1) is 14.3. The number of rotatable bonds is 4. The molecule has 0 saturated carbocycles. The molecule has 2 heterocycles. The van der Waals surface area contributed by atoms with Crippen molar-refractivity contribution in [3.8, 4) is 5.75 Å². The monoisotopic (exact) mass is 445 g/mol. The van der Waals surface area contributed by atoms with Crippen molar-refractivity contribution in [2.75, 3.05) is 5.32 Å². The highest BCUT2D eigenvalue weighted by Crippen LogP contribution is 2.51. The van der Waals surface area contributed by atoms with Gasteiger partial charge in [0.15, 0.2) is 17.2 Å². The number of ether oxygens (including phenoxy) is 1. The summed E-state index contributed by atoms with van der Waals surface area (Å²) in [5, 5.41) is 12.2. The van der Waals surface area contributed by atoms with Crippen LogP contribution in [0.25, 0.3) is 0 Å². The van der Waals surface area contributed by atoms with E-state index in [1.807, 2.05) is 0 Å². The van der Waals surface area contributed by atoms with Gasteiger partial charge in [0.1, 0.15) is 11.8 Å². The van der Waals surface area contributed by atoms with E-state index in [0.717, 1.165) is 18.3 Å². The third kappa shape index (κ3) is 4.15. The molecule has 2 amide bonds. The lowest BCUT2D eigenvalue weighted by atomic mass is 9.86. The molecule has 0 radical (unpaired) electrons. The van der Waals surface area contributed by atoms with Crippen LogP contribution in [0.15, 0.2) is 30.5 Å². The number of aromatic nitrogens is 1. The largest absolute Gasteiger partial charge is 0.505 e. The van der Waals surface area contributed by atoms with E-state index in [9.17, 15) is 36.6 Å². The number of nitrogens with zero attached hydrogens (tertiary/aromatic N) is 1. The van der Waals surface area contributed by atoms with Crippen LogP contribution in [0.5, 0.6) is 5.75 Å². The Hall–Kier alpha value is -3.28. The molecule has 1 saturated heterocycles. The molecule has 2 aromatic rings. The Labute approximate surface area is 172 Å². The number of pyridine rings is 1. The number of nitrogens with one attached hydrogen (secondary N) is 1. The van der Waals surface area contributed by atoms with Gasteiger partial charge in [0.25, 0.3) is 11.8 Å². The number of hydrogen-bond acceptors (Lipinski definition) is 5. The van der Waals surface area contributed by atoms with Gasteiger partial charge in [-0.1, -0.05) is 6.07 Å². The van der Waals surface area contributed by atoms with Crippen LogP contribution in [0.4, 0.5) is 27.6 Å². The van der Waals surface area contributed by atoms with Crippen molar-refractivity contribution >= 4 is 17.5 Å². The Kier molecular flexibility index (Phi) is 5.61. The number of benzene rings is 1. The van der Waals surface area contributed by atoms with Crippen LogP contribution in [-0.2, 0) is 9.53 Å². The first kappa shape index (κ1) is 22.4. The van der Waals surface area contributed by atoms with Gasteiger partial charge in [-0.25, -0.2) is 4.39 Å². The molecule has 1 fully saturated rings. The summed E-state index contributed by atoms with van der Waals surface area (Å²) in [4.78, 5) is 27.7. The number of anilines is 1. The average Bonchev–Trinajstić information content (AvgIpc) is 3.05. The SMILES string of the molecule is C[C@]1(C(F)(F)F)C[C@@H](c2ccc(F)c(F)c2O)[C@H](C(=O)Nc2ccnc(C(N)=O)c2)O1. The Balaban J connectivity index is 1.98. The quantitative estimate of drug-likeness (QED) is 0.626. The smallest absolute Gasteiger partial charge is 0.417 e. The van der Waals surface area contributed by atoms with Crippen LogP contribution >= 0.6 is 0 Å². The normalized spacial score (nSPS) is 23.5. The van der Waals surface area contributed by atoms with Crippen LogP contribution in [-0.4, -0.2) is 39.8 Å². The molecular formula is C19H16F5N3O4. The number of hydrogen-bond donors (Lipinski definition) is 3. The third-order valence-electron chi connectivity index (χ3n) is 5.00. The molecule has 0 aliphatic carbocycles. The third-order valence-corrected chi connectivity index (χ3v) is 5.00. The van der Waals surface area contributed by atoms with Gasteiger partial charge in [0.05, 0.1) is 0 Å². The molecule has 1 aliphatic heterocycles. The van der Waals surface area contributed by atoms with E-state index in [-0.39, 0.29) is 11.4 Å². The van der Waals surface area contributed by atoms with Gasteiger partial charge in [0.2, 0.25) is 5.82 Å². The molecule has 1 aliphatic rings. The molecule has 4 N–H and O–H groups in total. The average molecular weight is 445 g/mol. The fourth-order valence-corrected chi connectivity index (χ4v) is 3.34. The minimum atomic E-state index is -4.90. The lowest BCUT2D eigenvalue weighted by Gasteiger charge is -2.27. The predicted molar refractivity (Wildman–Crippen MR) is 96.1 cm³/mol. The van der Waals surface area contributed by atoms with Crippen molar-refractivity contribution < 1.29 is 41.4 Å². The summed E-state index contributed by atoms with van der Waals surface area (Å²) < 4.78 is 72.9. The summed E-state index contributed by atoms with van der Waals surface area (Å²) in [6.07, 6.45) is -6.42. The highest BCUT2D eigenvalue weighted by atomic mass is 19.4. The number of halogens is 5. The first-order valence-corrected chi connectivity index (χ1v) is 8.82.